The van der Waals surface area contributed by atoms with Crippen LogP contribution in [0, 0.1) is 5.82 Å². The number of carbonyl (C=O) groups excluding carboxylic acids is 1. The van der Waals surface area contributed by atoms with Crippen LogP contribution in [0.4, 0.5) is 4.39 Å². The lowest BCUT2D eigenvalue weighted by Crippen LogP contribution is -2.39. The number of hydrogen-bond donors (Lipinski definition) is 1. The van der Waals surface area contributed by atoms with E-state index in [0.717, 1.165) is 0 Å². The summed E-state index contributed by atoms with van der Waals surface area (Å²) in [5.74, 6) is -0.670. The van der Waals surface area contributed by atoms with Crippen molar-refractivity contribution in [1.82, 2.24) is 4.90 Å². The van der Waals surface area contributed by atoms with Crippen LogP contribution in [0.15, 0.2) is 18.2 Å². The van der Waals surface area contributed by atoms with E-state index in [1.165, 1.54) is 17.0 Å². The van der Waals surface area contributed by atoms with Crippen LogP contribution in [-0.2, 0) is 11.3 Å². The van der Waals surface area contributed by atoms with Crippen molar-refractivity contribution in [2.75, 3.05) is 7.05 Å². The van der Waals surface area contributed by atoms with Gasteiger partial charge in [-0.3, -0.25) is 4.79 Å². The van der Waals surface area contributed by atoms with Gasteiger partial charge in [-0.1, -0.05) is 17.7 Å². The Kier molecular flexibility index (Phi) is 4.26. The lowest BCUT2D eigenvalue weighted by atomic mass is 10.2. The predicted molar refractivity (Wildman–Crippen MR) is 61.5 cm³/mol. The maximum absolute atomic E-state index is 13.4. The van der Waals surface area contributed by atoms with Crippen LogP contribution in [0.5, 0.6) is 0 Å². The summed E-state index contributed by atoms with van der Waals surface area (Å²) in [4.78, 5) is 12.9. The van der Waals surface area contributed by atoms with E-state index >= 15 is 0 Å². The topological polar surface area (TPSA) is 46.3 Å². The average Bonchev–Trinajstić information content (AvgIpc) is 2.22. The Hall–Kier alpha value is -1.13. The number of carbonyl (C=O) groups is 1. The first-order valence-corrected chi connectivity index (χ1v) is 5.24. The summed E-state index contributed by atoms with van der Waals surface area (Å²) in [5, 5.41) is 0.310. The van der Waals surface area contributed by atoms with Gasteiger partial charge in [0.15, 0.2) is 0 Å². The van der Waals surface area contributed by atoms with Crippen molar-refractivity contribution in [3.8, 4) is 0 Å². The predicted octanol–water partition coefficient (Wildman–Crippen LogP) is 1.78. The highest BCUT2D eigenvalue weighted by Gasteiger charge is 2.16. The van der Waals surface area contributed by atoms with Gasteiger partial charge < -0.3 is 10.6 Å². The van der Waals surface area contributed by atoms with Crippen molar-refractivity contribution in [3.63, 3.8) is 0 Å². The number of likely N-dealkylation sites (N-methyl/N-ethyl adjacent to an activating group) is 1. The van der Waals surface area contributed by atoms with E-state index in [0.29, 0.717) is 10.6 Å². The van der Waals surface area contributed by atoms with E-state index in [9.17, 15) is 9.18 Å². The summed E-state index contributed by atoms with van der Waals surface area (Å²) in [6.45, 7) is 1.70. The maximum atomic E-state index is 13.4. The molecule has 1 atom stereocenters. The molecule has 3 nitrogen and oxygen atoms in total. The molecule has 0 radical (unpaired) electrons. The Labute approximate surface area is 99.0 Å². The third-order valence-electron chi connectivity index (χ3n) is 2.22. The molecule has 1 rings (SSSR count). The molecular weight excluding hydrogens is 231 g/mol. The number of nitrogens with zero attached hydrogens (tertiary/aromatic N) is 1. The van der Waals surface area contributed by atoms with Crippen molar-refractivity contribution in [2.45, 2.75) is 19.5 Å². The third-order valence-corrected chi connectivity index (χ3v) is 2.58. The Morgan fingerprint density at radius 2 is 2.25 bits per heavy atom. The van der Waals surface area contributed by atoms with E-state index < -0.39 is 11.9 Å². The molecule has 0 saturated heterocycles. The van der Waals surface area contributed by atoms with Crippen LogP contribution in [0.1, 0.15) is 12.5 Å². The van der Waals surface area contributed by atoms with Crippen LogP contribution in [0.3, 0.4) is 0 Å². The van der Waals surface area contributed by atoms with Crippen molar-refractivity contribution in [2.24, 2.45) is 5.73 Å². The van der Waals surface area contributed by atoms with Crippen molar-refractivity contribution in [3.05, 3.63) is 34.6 Å². The van der Waals surface area contributed by atoms with Gasteiger partial charge in [-0.25, -0.2) is 4.39 Å². The largest absolute Gasteiger partial charge is 0.340 e. The normalized spacial score (nSPS) is 12.3. The van der Waals surface area contributed by atoms with Gasteiger partial charge >= 0.3 is 0 Å². The molecule has 88 valence electrons. The summed E-state index contributed by atoms with van der Waals surface area (Å²) in [7, 11) is 1.56. The number of rotatable bonds is 3. The van der Waals surface area contributed by atoms with Crippen LogP contribution in [-0.4, -0.2) is 23.9 Å². The summed E-state index contributed by atoms with van der Waals surface area (Å²) in [6, 6.07) is 3.82. The summed E-state index contributed by atoms with van der Waals surface area (Å²) < 4.78 is 13.4. The van der Waals surface area contributed by atoms with Crippen LogP contribution >= 0.6 is 11.6 Å². The second-order valence-corrected chi connectivity index (χ2v) is 4.09. The molecule has 2 N–H and O–H groups in total. The van der Waals surface area contributed by atoms with Gasteiger partial charge in [-0.05, 0) is 19.1 Å². The van der Waals surface area contributed by atoms with Crippen LogP contribution in [0.2, 0.25) is 5.02 Å². The number of benzene rings is 1. The molecular formula is C11H14ClFN2O. The second-order valence-electron chi connectivity index (χ2n) is 3.68. The number of amides is 1. The highest BCUT2D eigenvalue weighted by atomic mass is 35.5. The zero-order chi connectivity index (χ0) is 12.3. The molecule has 1 aromatic carbocycles. The fourth-order valence-corrected chi connectivity index (χ4v) is 1.57. The first-order chi connectivity index (χ1) is 7.43. The Balaban J connectivity index is 2.85. The molecule has 0 unspecified atom stereocenters. The highest BCUT2D eigenvalue weighted by Crippen LogP contribution is 2.20. The van der Waals surface area contributed by atoms with E-state index in [1.807, 2.05) is 0 Å². The lowest BCUT2D eigenvalue weighted by Gasteiger charge is -2.20. The highest BCUT2D eigenvalue weighted by molar-refractivity contribution is 6.31. The molecule has 0 saturated carbocycles. The number of hydrogen-bond acceptors (Lipinski definition) is 2. The number of halogens is 2. The maximum Gasteiger partial charge on any atom is 0.239 e. The molecule has 1 amide bonds. The smallest absolute Gasteiger partial charge is 0.239 e. The van der Waals surface area contributed by atoms with Gasteiger partial charge in [-0.2, -0.15) is 0 Å². The van der Waals surface area contributed by atoms with Gasteiger partial charge in [-0.15, -0.1) is 0 Å². The fourth-order valence-electron chi connectivity index (χ4n) is 1.35. The number of nitrogens with two attached hydrogens (primary N) is 1. The van der Waals surface area contributed by atoms with Gasteiger partial charge in [0.05, 0.1) is 6.04 Å². The fraction of sp³-hybridized carbons (Fsp3) is 0.364. The SMILES string of the molecule is C[C@@H](N)C(=O)N(C)Cc1c(F)cccc1Cl. The molecule has 0 aliphatic carbocycles. The first kappa shape index (κ1) is 12.9. The molecule has 5 heteroatoms. The molecule has 16 heavy (non-hydrogen) atoms. The van der Waals surface area contributed by atoms with Gasteiger partial charge in [0, 0.05) is 24.2 Å². The van der Waals surface area contributed by atoms with Crippen LogP contribution in [0.25, 0.3) is 0 Å². The molecule has 1 aromatic rings. The summed E-state index contributed by atoms with van der Waals surface area (Å²) >= 11 is 5.85. The van der Waals surface area contributed by atoms with Gasteiger partial charge in [0.2, 0.25) is 5.91 Å². The van der Waals surface area contributed by atoms with Crippen molar-refractivity contribution < 1.29 is 9.18 Å². The zero-order valence-corrected chi connectivity index (χ0v) is 9.96. The van der Waals surface area contributed by atoms with E-state index in [2.05, 4.69) is 0 Å². The minimum atomic E-state index is -0.601. The van der Waals surface area contributed by atoms with Gasteiger partial charge in [0.1, 0.15) is 5.82 Å². The van der Waals surface area contributed by atoms with Gasteiger partial charge in [0.25, 0.3) is 0 Å². The molecule has 0 fully saturated rings. The van der Waals surface area contributed by atoms with E-state index in [1.54, 1.807) is 20.0 Å². The summed E-state index contributed by atoms with van der Waals surface area (Å²) in [6.07, 6.45) is 0. The monoisotopic (exact) mass is 244 g/mol. The Morgan fingerprint density at radius 3 is 2.75 bits per heavy atom. The minimum Gasteiger partial charge on any atom is -0.340 e. The molecule has 0 aliphatic heterocycles. The minimum absolute atomic E-state index is 0.117. The average molecular weight is 245 g/mol. The lowest BCUT2D eigenvalue weighted by molar-refractivity contribution is -0.131. The Morgan fingerprint density at radius 1 is 1.62 bits per heavy atom. The molecule has 0 bridgehead atoms. The van der Waals surface area contributed by atoms with E-state index in [4.69, 9.17) is 17.3 Å². The quantitative estimate of drug-likeness (QED) is 0.881. The third kappa shape index (κ3) is 2.93. The molecule has 0 heterocycles. The molecule has 0 aliphatic rings. The second kappa shape index (κ2) is 5.27. The van der Waals surface area contributed by atoms with Crippen molar-refractivity contribution in [1.29, 1.82) is 0 Å². The summed E-state index contributed by atoms with van der Waals surface area (Å²) in [5.41, 5.74) is 5.75. The zero-order valence-electron chi connectivity index (χ0n) is 9.21. The standard InChI is InChI=1S/C11H14ClFN2O/c1-7(14)11(16)15(2)6-8-9(12)4-3-5-10(8)13/h3-5,7H,6,14H2,1-2H3/t7-/m1/s1. The Bertz CT molecular complexity index is 375. The molecule has 0 aromatic heterocycles. The van der Waals surface area contributed by atoms with E-state index in [-0.39, 0.29) is 12.5 Å². The molecule has 0 spiro atoms. The van der Waals surface area contributed by atoms with Crippen LogP contribution < -0.4 is 5.73 Å². The first-order valence-electron chi connectivity index (χ1n) is 4.87. The van der Waals surface area contributed by atoms with Crippen molar-refractivity contribution >= 4 is 17.5 Å².